The van der Waals surface area contributed by atoms with Crippen molar-refractivity contribution in [2.24, 2.45) is 0 Å². The van der Waals surface area contributed by atoms with Gasteiger partial charge in [-0.05, 0) is 66.6 Å². The fraction of sp³-hybridized carbons (Fsp3) is 0.240. The zero-order valence-electron chi connectivity index (χ0n) is 16.3. The fourth-order valence-corrected chi connectivity index (χ4v) is 3.23. The number of carbonyl (C=O) groups excluding carboxylic acids is 1. The summed E-state index contributed by atoms with van der Waals surface area (Å²) in [7, 11) is 1.38. The summed E-state index contributed by atoms with van der Waals surface area (Å²) in [6.45, 7) is 0.678. The summed E-state index contributed by atoms with van der Waals surface area (Å²) in [4.78, 5) is 11.4. The van der Waals surface area contributed by atoms with Crippen molar-refractivity contribution in [3.63, 3.8) is 0 Å². The van der Waals surface area contributed by atoms with Crippen LogP contribution in [0.1, 0.15) is 35.2 Å². The van der Waals surface area contributed by atoms with Gasteiger partial charge in [0, 0.05) is 0 Å². The summed E-state index contributed by atoms with van der Waals surface area (Å²) in [5, 5.41) is 0. The van der Waals surface area contributed by atoms with Crippen LogP contribution in [0.2, 0.25) is 0 Å². The second kappa shape index (κ2) is 10.3. The van der Waals surface area contributed by atoms with E-state index in [9.17, 15) is 4.79 Å². The van der Waals surface area contributed by atoms with Gasteiger partial charge < -0.3 is 9.47 Å². The summed E-state index contributed by atoms with van der Waals surface area (Å²) < 4.78 is 10.5. The Morgan fingerprint density at radius 3 is 2.25 bits per heavy atom. The highest BCUT2D eigenvalue weighted by atomic mass is 16.5. The summed E-state index contributed by atoms with van der Waals surface area (Å²) >= 11 is 0. The Labute approximate surface area is 166 Å². The van der Waals surface area contributed by atoms with E-state index in [4.69, 9.17) is 9.47 Å². The molecule has 0 bridgehead atoms. The molecule has 0 aromatic heterocycles. The van der Waals surface area contributed by atoms with Gasteiger partial charge in [0.25, 0.3) is 0 Å². The van der Waals surface area contributed by atoms with Gasteiger partial charge in [-0.1, -0.05) is 54.6 Å². The predicted molar refractivity (Wildman–Crippen MR) is 113 cm³/mol. The van der Waals surface area contributed by atoms with Crippen molar-refractivity contribution in [1.82, 2.24) is 0 Å². The Hall–Kier alpha value is -3.07. The molecule has 3 aromatic rings. The molecule has 0 unspecified atom stereocenters. The van der Waals surface area contributed by atoms with Crippen molar-refractivity contribution in [2.45, 2.75) is 25.7 Å². The van der Waals surface area contributed by atoms with E-state index in [1.54, 1.807) is 12.1 Å². The lowest BCUT2D eigenvalue weighted by Crippen LogP contribution is -2.02. The van der Waals surface area contributed by atoms with Gasteiger partial charge >= 0.3 is 5.97 Å². The third-order valence-corrected chi connectivity index (χ3v) is 4.74. The van der Waals surface area contributed by atoms with E-state index in [2.05, 4.69) is 54.6 Å². The highest BCUT2D eigenvalue weighted by Gasteiger charge is 2.05. The first-order valence-electron chi connectivity index (χ1n) is 9.72. The summed E-state index contributed by atoms with van der Waals surface area (Å²) in [5.41, 5.74) is 4.53. The van der Waals surface area contributed by atoms with Gasteiger partial charge in [-0.15, -0.1) is 0 Å². The van der Waals surface area contributed by atoms with Crippen LogP contribution in [0.5, 0.6) is 5.75 Å². The van der Waals surface area contributed by atoms with E-state index in [0.717, 1.165) is 31.4 Å². The van der Waals surface area contributed by atoms with Crippen LogP contribution in [-0.2, 0) is 11.2 Å². The minimum atomic E-state index is -0.331. The molecule has 144 valence electrons. The number of ether oxygens (including phenoxy) is 2. The topological polar surface area (TPSA) is 35.5 Å². The van der Waals surface area contributed by atoms with Crippen LogP contribution in [0.15, 0.2) is 78.9 Å². The Balaban J connectivity index is 1.42. The minimum Gasteiger partial charge on any atom is -0.494 e. The van der Waals surface area contributed by atoms with Crippen molar-refractivity contribution in [1.29, 1.82) is 0 Å². The van der Waals surface area contributed by atoms with E-state index in [-0.39, 0.29) is 5.97 Å². The number of hydrogen-bond donors (Lipinski definition) is 0. The third kappa shape index (κ3) is 5.46. The molecule has 0 amide bonds. The number of methoxy groups -OCH3 is 1. The van der Waals surface area contributed by atoms with Crippen molar-refractivity contribution < 1.29 is 14.3 Å². The lowest BCUT2D eigenvalue weighted by atomic mass is 9.96. The van der Waals surface area contributed by atoms with E-state index >= 15 is 0 Å². The van der Waals surface area contributed by atoms with Gasteiger partial charge in [0.15, 0.2) is 0 Å². The second-order valence-electron chi connectivity index (χ2n) is 6.70. The molecule has 0 saturated heterocycles. The maximum atomic E-state index is 11.4. The molecule has 0 saturated carbocycles. The smallest absolute Gasteiger partial charge is 0.337 e. The first kappa shape index (κ1) is 19.7. The second-order valence-corrected chi connectivity index (χ2v) is 6.70. The fourth-order valence-electron chi connectivity index (χ4n) is 3.23. The first-order valence-corrected chi connectivity index (χ1v) is 9.72. The Bertz CT molecular complexity index is 870. The molecule has 3 aromatic carbocycles. The number of benzene rings is 3. The Morgan fingerprint density at radius 2 is 1.50 bits per heavy atom. The van der Waals surface area contributed by atoms with E-state index in [1.165, 1.54) is 23.8 Å². The quantitative estimate of drug-likeness (QED) is 0.344. The van der Waals surface area contributed by atoms with E-state index in [0.29, 0.717) is 12.2 Å². The van der Waals surface area contributed by atoms with Crippen LogP contribution in [0.4, 0.5) is 0 Å². The molecule has 0 aliphatic rings. The average Bonchev–Trinajstić information content (AvgIpc) is 2.77. The zero-order chi connectivity index (χ0) is 19.6. The van der Waals surface area contributed by atoms with Crippen LogP contribution in [0.25, 0.3) is 11.1 Å². The highest BCUT2D eigenvalue weighted by Crippen LogP contribution is 2.24. The lowest BCUT2D eigenvalue weighted by Gasteiger charge is -2.10. The normalized spacial score (nSPS) is 10.5. The van der Waals surface area contributed by atoms with Gasteiger partial charge in [-0.3, -0.25) is 0 Å². The van der Waals surface area contributed by atoms with Crippen molar-refractivity contribution >= 4 is 5.97 Å². The summed E-state index contributed by atoms with van der Waals surface area (Å²) in [6.07, 6.45) is 4.32. The van der Waals surface area contributed by atoms with Gasteiger partial charge in [0.1, 0.15) is 5.75 Å². The van der Waals surface area contributed by atoms with Gasteiger partial charge in [0.05, 0.1) is 19.3 Å². The zero-order valence-corrected chi connectivity index (χ0v) is 16.3. The van der Waals surface area contributed by atoms with Gasteiger partial charge in [-0.25, -0.2) is 4.79 Å². The maximum Gasteiger partial charge on any atom is 0.337 e. The Kier molecular flexibility index (Phi) is 7.25. The predicted octanol–water partition coefficient (Wildman–Crippen LogP) is 5.93. The van der Waals surface area contributed by atoms with E-state index in [1.807, 2.05) is 12.1 Å². The molecule has 3 nitrogen and oxygen atoms in total. The van der Waals surface area contributed by atoms with Gasteiger partial charge in [0.2, 0.25) is 0 Å². The number of aryl methyl sites for hydroxylation is 1. The largest absolute Gasteiger partial charge is 0.494 e. The molecule has 0 heterocycles. The summed E-state index contributed by atoms with van der Waals surface area (Å²) in [5.74, 6) is 0.449. The SMILES string of the molecule is COC(=O)c1ccc(OCCCCCc2ccccc2-c2ccccc2)cc1. The molecule has 3 heteroatoms. The average molecular weight is 374 g/mol. The third-order valence-electron chi connectivity index (χ3n) is 4.74. The molecule has 0 aliphatic heterocycles. The summed E-state index contributed by atoms with van der Waals surface area (Å²) in [6, 6.07) is 26.3. The maximum absolute atomic E-state index is 11.4. The molecule has 28 heavy (non-hydrogen) atoms. The van der Waals surface area contributed by atoms with Crippen LogP contribution < -0.4 is 4.74 Å². The van der Waals surface area contributed by atoms with Crippen molar-refractivity contribution in [3.05, 3.63) is 90.0 Å². The molecular formula is C25H26O3. The lowest BCUT2D eigenvalue weighted by molar-refractivity contribution is 0.0600. The molecule has 0 fully saturated rings. The minimum absolute atomic E-state index is 0.331. The molecule has 0 N–H and O–H groups in total. The molecule has 3 rings (SSSR count). The monoisotopic (exact) mass is 374 g/mol. The van der Waals surface area contributed by atoms with Crippen molar-refractivity contribution in [2.75, 3.05) is 13.7 Å². The molecular weight excluding hydrogens is 348 g/mol. The molecule has 0 spiro atoms. The van der Waals surface area contributed by atoms with Crippen LogP contribution in [-0.4, -0.2) is 19.7 Å². The molecule has 0 radical (unpaired) electrons. The van der Waals surface area contributed by atoms with Gasteiger partial charge in [-0.2, -0.15) is 0 Å². The number of hydrogen-bond acceptors (Lipinski definition) is 3. The molecule has 0 atom stereocenters. The Morgan fingerprint density at radius 1 is 0.786 bits per heavy atom. The van der Waals surface area contributed by atoms with E-state index < -0.39 is 0 Å². The number of unbranched alkanes of at least 4 members (excludes halogenated alkanes) is 2. The number of carbonyl (C=O) groups is 1. The number of rotatable bonds is 9. The highest BCUT2D eigenvalue weighted by molar-refractivity contribution is 5.89. The first-order chi connectivity index (χ1) is 13.8. The van der Waals surface area contributed by atoms with Crippen LogP contribution in [0, 0.1) is 0 Å². The van der Waals surface area contributed by atoms with Crippen molar-refractivity contribution in [3.8, 4) is 16.9 Å². The van der Waals surface area contributed by atoms with Crippen LogP contribution in [0.3, 0.4) is 0 Å². The van der Waals surface area contributed by atoms with Crippen LogP contribution >= 0.6 is 0 Å². The standard InChI is InChI=1S/C25H26O3/c1-27-25(26)22-15-17-23(18-16-22)28-19-9-3-6-12-21-13-7-8-14-24(21)20-10-4-2-5-11-20/h2,4-5,7-8,10-11,13-18H,3,6,9,12,19H2,1H3. The number of esters is 1. The molecule has 0 aliphatic carbocycles.